The lowest BCUT2D eigenvalue weighted by Gasteiger charge is -2.41. The van der Waals surface area contributed by atoms with Gasteiger partial charge in [0.25, 0.3) is 0 Å². The lowest BCUT2D eigenvalue weighted by Crippen LogP contribution is -2.45. The van der Waals surface area contributed by atoms with Gasteiger partial charge in [0.05, 0.1) is 6.10 Å². The van der Waals surface area contributed by atoms with Gasteiger partial charge in [0.2, 0.25) is 0 Å². The maximum Gasteiger partial charge on any atom is 0.115 e. The Labute approximate surface area is 102 Å². The van der Waals surface area contributed by atoms with E-state index in [1.54, 1.807) is 12.1 Å². The van der Waals surface area contributed by atoms with Gasteiger partial charge in [-0.2, -0.15) is 0 Å². The predicted octanol–water partition coefficient (Wildman–Crippen LogP) is 1.81. The van der Waals surface area contributed by atoms with Gasteiger partial charge in [-0.15, -0.1) is 0 Å². The first-order chi connectivity index (χ1) is 8.16. The summed E-state index contributed by atoms with van der Waals surface area (Å²) in [5.74, 6) is 0.278. The zero-order valence-corrected chi connectivity index (χ0v) is 10.1. The molecular formula is C14H21NO2. The highest BCUT2D eigenvalue weighted by Crippen LogP contribution is 2.38. The first kappa shape index (κ1) is 12.4. The Morgan fingerprint density at radius 3 is 2.53 bits per heavy atom. The predicted molar refractivity (Wildman–Crippen MR) is 67.8 cm³/mol. The third kappa shape index (κ3) is 2.61. The van der Waals surface area contributed by atoms with E-state index in [4.69, 9.17) is 5.73 Å². The lowest BCUT2D eigenvalue weighted by molar-refractivity contribution is -0.00585. The minimum absolute atomic E-state index is 0.171. The van der Waals surface area contributed by atoms with Gasteiger partial charge in [-0.05, 0) is 37.0 Å². The quantitative estimate of drug-likeness (QED) is 0.748. The largest absolute Gasteiger partial charge is 0.508 e. The smallest absolute Gasteiger partial charge is 0.115 e. The molecule has 4 N–H and O–H groups in total. The summed E-state index contributed by atoms with van der Waals surface area (Å²) in [7, 11) is 0. The Kier molecular flexibility index (Phi) is 3.69. The van der Waals surface area contributed by atoms with Crippen LogP contribution in [-0.2, 0) is 6.42 Å². The molecule has 1 fully saturated rings. The van der Waals surface area contributed by atoms with Crippen LogP contribution in [0, 0.1) is 5.41 Å². The first-order valence-electron chi connectivity index (χ1n) is 6.32. The Balaban J connectivity index is 2.15. The van der Waals surface area contributed by atoms with E-state index < -0.39 is 0 Å². The van der Waals surface area contributed by atoms with Crippen LogP contribution in [0.15, 0.2) is 24.3 Å². The number of benzene rings is 1. The van der Waals surface area contributed by atoms with Crippen LogP contribution in [0.3, 0.4) is 0 Å². The highest BCUT2D eigenvalue weighted by atomic mass is 16.3. The van der Waals surface area contributed by atoms with E-state index in [0.717, 1.165) is 37.7 Å². The van der Waals surface area contributed by atoms with Crippen molar-refractivity contribution in [3.8, 4) is 5.75 Å². The molecule has 0 spiro atoms. The molecule has 17 heavy (non-hydrogen) atoms. The Morgan fingerprint density at radius 2 is 1.94 bits per heavy atom. The molecule has 0 saturated heterocycles. The molecule has 0 amide bonds. The standard InChI is InChI=1S/C14H21NO2/c15-10-14(8-2-1-3-13(14)17)9-11-4-6-12(16)7-5-11/h4-7,13,16-17H,1-3,8-10,15H2. The molecule has 0 bridgehead atoms. The summed E-state index contributed by atoms with van der Waals surface area (Å²) < 4.78 is 0. The van der Waals surface area contributed by atoms with Gasteiger partial charge < -0.3 is 15.9 Å². The Morgan fingerprint density at radius 1 is 1.24 bits per heavy atom. The number of aliphatic hydroxyl groups is 1. The number of hydrogen-bond donors (Lipinski definition) is 3. The minimum atomic E-state index is -0.296. The van der Waals surface area contributed by atoms with Crippen LogP contribution in [0.5, 0.6) is 5.75 Å². The van der Waals surface area contributed by atoms with Gasteiger partial charge in [0.15, 0.2) is 0 Å². The fraction of sp³-hybridized carbons (Fsp3) is 0.571. The van der Waals surface area contributed by atoms with Crippen molar-refractivity contribution in [2.24, 2.45) is 11.1 Å². The van der Waals surface area contributed by atoms with Gasteiger partial charge in [0, 0.05) is 12.0 Å². The molecule has 0 aromatic heterocycles. The summed E-state index contributed by atoms with van der Waals surface area (Å²) in [6.07, 6.45) is 4.59. The van der Waals surface area contributed by atoms with Crippen molar-refractivity contribution in [3.63, 3.8) is 0 Å². The normalized spacial score (nSPS) is 29.2. The molecule has 2 atom stereocenters. The molecule has 1 aliphatic rings. The molecule has 2 unspecified atom stereocenters. The molecule has 2 rings (SSSR count). The van der Waals surface area contributed by atoms with Crippen LogP contribution < -0.4 is 5.73 Å². The van der Waals surface area contributed by atoms with Crippen molar-refractivity contribution in [3.05, 3.63) is 29.8 Å². The fourth-order valence-corrected chi connectivity index (χ4v) is 2.82. The zero-order valence-electron chi connectivity index (χ0n) is 10.1. The third-order valence-electron chi connectivity index (χ3n) is 4.01. The SMILES string of the molecule is NCC1(Cc2ccc(O)cc2)CCCCC1O. The first-order valence-corrected chi connectivity index (χ1v) is 6.32. The zero-order chi connectivity index (χ0) is 12.3. The second-order valence-electron chi connectivity index (χ2n) is 5.17. The molecule has 1 aromatic carbocycles. The van der Waals surface area contributed by atoms with Crippen LogP contribution in [0.4, 0.5) is 0 Å². The van der Waals surface area contributed by atoms with Crippen molar-refractivity contribution in [1.29, 1.82) is 0 Å². The summed E-state index contributed by atoms with van der Waals surface area (Å²) in [6, 6.07) is 7.20. The molecule has 3 heteroatoms. The lowest BCUT2D eigenvalue weighted by atomic mass is 9.68. The Bertz CT molecular complexity index is 363. The van der Waals surface area contributed by atoms with Crippen molar-refractivity contribution >= 4 is 0 Å². The van der Waals surface area contributed by atoms with E-state index in [2.05, 4.69) is 0 Å². The minimum Gasteiger partial charge on any atom is -0.508 e. The van der Waals surface area contributed by atoms with E-state index in [-0.39, 0.29) is 17.3 Å². The van der Waals surface area contributed by atoms with E-state index >= 15 is 0 Å². The van der Waals surface area contributed by atoms with Gasteiger partial charge >= 0.3 is 0 Å². The number of aliphatic hydroxyl groups excluding tert-OH is 1. The van der Waals surface area contributed by atoms with Crippen molar-refractivity contribution in [2.45, 2.75) is 38.2 Å². The second-order valence-corrected chi connectivity index (χ2v) is 5.17. The van der Waals surface area contributed by atoms with Crippen molar-refractivity contribution in [2.75, 3.05) is 6.54 Å². The molecule has 0 radical (unpaired) electrons. The highest BCUT2D eigenvalue weighted by Gasteiger charge is 2.38. The van der Waals surface area contributed by atoms with Crippen molar-refractivity contribution in [1.82, 2.24) is 0 Å². The summed E-state index contributed by atoms with van der Waals surface area (Å²) in [6.45, 7) is 0.523. The molecule has 0 heterocycles. The van der Waals surface area contributed by atoms with E-state index in [9.17, 15) is 10.2 Å². The molecule has 1 aliphatic carbocycles. The number of rotatable bonds is 3. The molecule has 3 nitrogen and oxygen atoms in total. The maximum absolute atomic E-state index is 10.2. The number of phenolic OH excluding ortho intramolecular Hbond substituents is 1. The summed E-state index contributed by atoms with van der Waals surface area (Å²) in [4.78, 5) is 0. The number of phenols is 1. The summed E-state index contributed by atoms with van der Waals surface area (Å²) in [5.41, 5.74) is 6.86. The molecular weight excluding hydrogens is 214 g/mol. The number of nitrogens with two attached hydrogens (primary N) is 1. The van der Waals surface area contributed by atoms with E-state index in [1.807, 2.05) is 12.1 Å². The highest BCUT2D eigenvalue weighted by molar-refractivity contribution is 5.27. The van der Waals surface area contributed by atoms with Gasteiger partial charge in [-0.1, -0.05) is 25.0 Å². The summed E-state index contributed by atoms with van der Waals surface area (Å²) >= 11 is 0. The molecule has 94 valence electrons. The molecule has 1 aromatic rings. The average molecular weight is 235 g/mol. The van der Waals surface area contributed by atoms with Crippen molar-refractivity contribution < 1.29 is 10.2 Å². The van der Waals surface area contributed by atoms with Crippen LogP contribution in [0.25, 0.3) is 0 Å². The monoisotopic (exact) mass is 235 g/mol. The maximum atomic E-state index is 10.2. The second kappa shape index (κ2) is 5.07. The molecule has 0 aliphatic heterocycles. The van der Waals surface area contributed by atoms with Gasteiger partial charge in [0.1, 0.15) is 5.75 Å². The molecule has 1 saturated carbocycles. The average Bonchev–Trinajstić information content (AvgIpc) is 2.35. The van der Waals surface area contributed by atoms with E-state index in [0.29, 0.717) is 6.54 Å². The van der Waals surface area contributed by atoms with Gasteiger partial charge in [-0.3, -0.25) is 0 Å². The third-order valence-corrected chi connectivity index (χ3v) is 4.01. The summed E-state index contributed by atoms with van der Waals surface area (Å²) in [5, 5.41) is 19.5. The number of hydrogen-bond acceptors (Lipinski definition) is 3. The van der Waals surface area contributed by atoms with E-state index in [1.165, 1.54) is 0 Å². The van der Waals surface area contributed by atoms with Crippen LogP contribution in [0.1, 0.15) is 31.2 Å². The topological polar surface area (TPSA) is 66.5 Å². The van der Waals surface area contributed by atoms with Crippen LogP contribution in [-0.4, -0.2) is 22.9 Å². The van der Waals surface area contributed by atoms with Gasteiger partial charge in [-0.25, -0.2) is 0 Å². The Hall–Kier alpha value is -1.06. The van der Waals surface area contributed by atoms with Crippen LogP contribution >= 0.6 is 0 Å². The van der Waals surface area contributed by atoms with Crippen LogP contribution in [0.2, 0.25) is 0 Å². The number of aromatic hydroxyl groups is 1. The fourth-order valence-electron chi connectivity index (χ4n) is 2.82.